The molecule has 0 unspecified atom stereocenters. The Hall–Kier alpha value is -2.58. The molecule has 0 aliphatic heterocycles. The maximum Gasteiger partial charge on any atom is 0.240 e. The van der Waals surface area contributed by atoms with Crippen molar-refractivity contribution in [1.82, 2.24) is 10.0 Å². The average Bonchev–Trinajstić information content (AvgIpc) is 2.70. The van der Waals surface area contributed by atoms with Gasteiger partial charge in [0.05, 0.1) is 22.3 Å². The summed E-state index contributed by atoms with van der Waals surface area (Å²) >= 11 is 0. The molecule has 0 spiro atoms. The van der Waals surface area contributed by atoms with Gasteiger partial charge < -0.3 is 16.8 Å². The first kappa shape index (κ1) is 21.1. The van der Waals surface area contributed by atoms with Crippen molar-refractivity contribution in [2.75, 3.05) is 11.5 Å². The maximum atomic E-state index is 12.6. The van der Waals surface area contributed by atoms with Gasteiger partial charge in [-0.15, -0.1) is 0 Å². The molecule has 0 radical (unpaired) electrons. The number of carbonyl (C=O) groups excluding carboxylic acids is 1. The van der Waals surface area contributed by atoms with Gasteiger partial charge in [-0.25, -0.2) is 13.1 Å². The summed E-state index contributed by atoms with van der Waals surface area (Å²) in [6, 6.07) is 13.8. The Morgan fingerprint density at radius 3 is 2.28 bits per heavy atom. The normalized spacial score (nSPS) is 20.7. The van der Waals surface area contributed by atoms with Gasteiger partial charge in [-0.3, -0.25) is 4.79 Å². The molecule has 6 N–H and O–H groups in total. The molecular formula is C21H28N4O3S. The van der Waals surface area contributed by atoms with Gasteiger partial charge in [0.15, 0.2) is 0 Å². The summed E-state index contributed by atoms with van der Waals surface area (Å²) in [6.07, 6.45) is 2.51. The van der Waals surface area contributed by atoms with Crippen molar-refractivity contribution in [3.05, 3.63) is 54.1 Å². The van der Waals surface area contributed by atoms with E-state index in [1.807, 2.05) is 37.3 Å². The molecule has 0 heterocycles. The summed E-state index contributed by atoms with van der Waals surface area (Å²) in [5.41, 5.74) is 13.0. The van der Waals surface area contributed by atoms with E-state index in [4.69, 9.17) is 11.5 Å². The van der Waals surface area contributed by atoms with Gasteiger partial charge in [-0.05, 0) is 56.4 Å². The standard InChI is InChI=1S/C21H28N4O3S/c1-14(15-5-3-2-4-6-15)24-21(26)16-7-9-17(10-8-16)25-29(27,28)18-11-12-19(22)20(23)13-18/h2-6,11-14,16-17,25H,7-10,22-23H2,1H3,(H,24,26)/t14-,16-,17-/m1/s1. The number of nitrogens with two attached hydrogens (primary N) is 2. The zero-order valence-electron chi connectivity index (χ0n) is 16.5. The highest BCUT2D eigenvalue weighted by Crippen LogP contribution is 2.27. The molecular weight excluding hydrogens is 388 g/mol. The first-order chi connectivity index (χ1) is 13.8. The van der Waals surface area contributed by atoms with Gasteiger partial charge in [-0.1, -0.05) is 30.3 Å². The third kappa shape index (κ3) is 5.27. The molecule has 156 valence electrons. The monoisotopic (exact) mass is 416 g/mol. The number of nitrogens with one attached hydrogen (secondary N) is 2. The molecule has 1 aliphatic carbocycles. The minimum Gasteiger partial charge on any atom is -0.397 e. The van der Waals surface area contributed by atoms with Gasteiger partial charge in [0.25, 0.3) is 0 Å². The van der Waals surface area contributed by atoms with Gasteiger partial charge in [-0.2, -0.15) is 0 Å². The van der Waals surface area contributed by atoms with Crippen molar-refractivity contribution in [2.45, 2.75) is 49.6 Å². The van der Waals surface area contributed by atoms with Gasteiger partial charge in [0, 0.05) is 12.0 Å². The van der Waals surface area contributed by atoms with Crippen molar-refractivity contribution in [2.24, 2.45) is 5.92 Å². The van der Waals surface area contributed by atoms with Gasteiger partial charge in [0.1, 0.15) is 0 Å². The zero-order chi connectivity index (χ0) is 21.0. The fourth-order valence-corrected chi connectivity index (χ4v) is 4.98. The van der Waals surface area contributed by atoms with E-state index in [2.05, 4.69) is 10.0 Å². The molecule has 2 aromatic rings. The lowest BCUT2D eigenvalue weighted by atomic mass is 9.85. The zero-order valence-corrected chi connectivity index (χ0v) is 17.3. The Bertz CT molecular complexity index is 955. The number of rotatable bonds is 6. The van der Waals surface area contributed by atoms with Crippen molar-refractivity contribution in [1.29, 1.82) is 0 Å². The summed E-state index contributed by atoms with van der Waals surface area (Å²) in [5, 5.41) is 3.06. The smallest absolute Gasteiger partial charge is 0.240 e. The summed E-state index contributed by atoms with van der Waals surface area (Å²) in [5.74, 6) is -0.0805. The molecule has 0 aromatic heterocycles. The third-order valence-corrected chi connectivity index (χ3v) is 6.96. The number of hydrogen-bond donors (Lipinski definition) is 4. The van der Waals surface area contributed by atoms with E-state index < -0.39 is 10.0 Å². The van der Waals surface area contributed by atoms with Crippen molar-refractivity contribution >= 4 is 27.3 Å². The second kappa shape index (κ2) is 8.84. The van der Waals surface area contributed by atoms with Crippen LogP contribution in [0.15, 0.2) is 53.4 Å². The van der Waals surface area contributed by atoms with E-state index in [9.17, 15) is 13.2 Å². The molecule has 0 bridgehead atoms. The predicted octanol–water partition coefficient (Wildman–Crippen LogP) is 2.57. The van der Waals surface area contributed by atoms with E-state index in [1.165, 1.54) is 18.2 Å². The Morgan fingerprint density at radius 2 is 1.66 bits per heavy atom. The fourth-order valence-electron chi connectivity index (χ4n) is 3.64. The highest BCUT2D eigenvalue weighted by molar-refractivity contribution is 7.89. The van der Waals surface area contributed by atoms with E-state index >= 15 is 0 Å². The minimum atomic E-state index is -3.68. The molecule has 1 aliphatic rings. The van der Waals surface area contributed by atoms with Gasteiger partial charge >= 0.3 is 0 Å². The van der Waals surface area contributed by atoms with Crippen LogP contribution in [0.2, 0.25) is 0 Å². The number of sulfonamides is 1. The van der Waals surface area contributed by atoms with Crippen molar-refractivity contribution in [3.8, 4) is 0 Å². The number of hydrogen-bond acceptors (Lipinski definition) is 5. The Morgan fingerprint density at radius 1 is 1.00 bits per heavy atom. The SMILES string of the molecule is C[C@@H](NC(=O)[C@H]1CC[C@H](NS(=O)(=O)c2ccc(N)c(N)c2)CC1)c1ccccc1. The average molecular weight is 417 g/mol. The summed E-state index contributed by atoms with van der Waals surface area (Å²) in [6.45, 7) is 1.96. The van der Waals surface area contributed by atoms with E-state index in [0.29, 0.717) is 31.4 Å². The molecule has 1 atom stereocenters. The number of anilines is 2. The number of nitrogen functional groups attached to an aromatic ring is 2. The molecule has 8 heteroatoms. The highest BCUT2D eigenvalue weighted by Gasteiger charge is 2.29. The van der Waals surface area contributed by atoms with Gasteiger partial charge in [0.2, 0.25) is 15.9 Å². The molecule has 1 fully saturated rings. The molecule has 1 amide bonds. The largest absolute Gasteiger partial charge is 0.397 e. The van der Waals surface area contributed by atoms with E-state index in [1.54, 1.807) is 0 Å². The van der Waals surface area contributed by atoms with Crippen LogP contribution in [0.25, 0.3) is 0 Å². The number of carbonyl (C=O) groups is 1. The predicted molar refractivity (Wildman–Crippen MR) is 114 cm³/mol. The minimum absolute atomic E-state index is 0.0222. The summed E-state index contributed by atoms with van der Waals surface area (Å²) in [7, 11) is -3.68. The Balaban J connectivity index is 1.53. The quantitative estimate of drug-likeness (QED) is 0.538. The van der Waals surface area contributed by atoms with Crippen LogP contribution in [-0.4, -0.2) is 20.4 Å². The lowest BCUT2D eigenvalue weighted by Crippen LogP contribution is -2.41. The lowest BCUT2D eigenvalue weighted by Gasteiger charge is -2.29. The second-order valence-electron chi connectivity index (χ2n) is 7.60. The number of benzene rings is 2. The third-order valence-electron chi connectivity index (χ3n) is 5.45. The topological polar surface area (TPSA) is 127 Å². The van der Waals surface area contributed by atoms with Crippen LogP contribution in [0.3, 0.4) is 0 Å². The second-order valence-corrected chi connectivity index (χ2v) is 9.32. The first-order valence-corrected chi connectivity index (χ1v) is 11.3. The Kier molecular flexibility index (Phi) is 6.44. The molecule has 2 aromatic carbocycles. The van der Waals surface area contributed by atoms with Crippen LogP contribution in [0.4, 0.5) is 11.4 Å². The fraction of sp³-hybridized carbons (Fsp3) is 0.381. The van der Waals surface area contributed by atoms with Crippen molar-refractivity contribution < 1.29 is 13.2 Å². The molecule has 7 nitrogen and oxygen atoms in total. The Labute approximate surface area is 171 Å². The summed E-state index contributed by atoms with van der Waals surface area (Å²) in [4.78, 5) is 12.7. The van der Waals surface area contributed by atoms with Crippen LogP contribution >= 0.6 is 0 Å². The summed E-state index contributed by atoms with van der Waals surface area (Å²) < 4.78 is 27.9. The molecule has 29 heavy (non-hydrogen) atoms. The van der Waals surface area contributed by atoms with Crippen LogP contribution in [0.5, 0.6) is 0 Å². The van der Waals surface area contributed by atoms with Crippen LogP contribution in [0.1, 0.15) is 44.2 Å². The van der Waals surface area contributed by atoms with Crippen LogP contribution in [0, 0.1) is 5.92 Å². The maximum absolute atomic E-state index is 12.6. The van der Waals surface area contributed by atoms with Crippen LogP contribution < -0.4 is 21.5 Å². The van der Waals surface area contributed by atoms with E-state index in [-0.39, 0.29) is 34.5 Å². The first-order valence-electron chi connectivity index (χ1n) is 9.79. The van der Waals surface area contributed by atoms with Crippen molar-refractivity contribution in [3.63, 3.8) is 0 Å². The highest BCUT2D eigenvalue weighted by atomic mass is 32.2. The lowest BCUT2D eigenvalue weighted by molar-refractivity contribution is -0.126. The molecule has 3 rings (SSSR count). The number of amides is 1. The molecule has 0 saturated heterocycles. The van der Waals surface area contributed by atoms with E-state index in [0.717, 1.165) is 5.56 Å². The molecule has 1 saturated carbocycles. The van der Waals surface area contributed by atoms with Crippen LogP contribution in [-0.2, 0) is 14.8 Å².